The van der Waals surface area contributed by atoms with Crippen LogP contribution in [0.3, 0.4) is 0 Å². The minimum Gasteiger partial charge on any atom is -0.494 e. The Morgan fingerprint density at radius 1 is 0.583 bits per heavy atom. The highest BCUT2D eigenvalue weighted by atomic mass is 16.8. The Hall–Kier alpha value is -1.26. The first-order valence-corrected chi connectivity index (χ1v) is 26.7. The van der Waals surface area contributed by atoms with E-state index in [0.717, 1.165) is 57.1 Å². The molecule has 9 aliphatic rings. The van der Waals surface area contributed by atoms with Crippen molar-refractivity contribution in [2.75, 3.05) is 19.8 Å². The van der Waals surface area contributed by atoms with E-state index in [-0.39, 0.29) is 35.6 Å². The van der Waals surface area contributed by atoms with Gasteiger partial charge in [0.1, 0.15) is 91.6 Å². The van der Waals surface area contributed by atoms with E-state index < -0.39 is 136 Å². The number of rotatable bonds is 14. The molecule has 72 heavy (non-hydrogen) atoms. The van der Waals surface area contributed by atoms with Gasteiger partial charge in [0.25, 0.3) is 0 Å². The summed E-state index contributed by atoms with van der Waals surface area (Å²) in [5, 5.41) is 126. The molecule has 30 atom stereocenters. The van der Waals surface area contributed by atoms with Crippen molar-refractivity contribution >= 4 is 0 Å². The van der Waals surface area contributed by atoms with Crippen LogP contribution in [0.5, 0.6) is 0 Å². The van der Waals surface area contributed by atoms with Crippen LogP contribution in [0.2, 0.25) is 0 Å². The number of allylic oxidation sites excluding steroid dienone is 1. The molecule has 4 saturated heterocycles. The molecule has 0 radical (unpaired) electrons. The molecule has 8 fully saturated rings. The molecule has 0 aromatic rings. The molecule has 5 heterocycles. The van der Waals surface area contributed by atoms with Crippen LogP contribution in [0, 0.1) is 46.3 Å². The summed E-state index contributed by atoms with van der Waals surface area (Å²) in [7, 11) is 0. The van der Waals surface area contributed by atoms with Crippen LogP contribution in [0.1, 0.15) is 106 Å². The summed E-state index contributed by atoms with van der Waals surface area (Å²) >= 11 is 0. The number of hydrogen-bond acceptors (Lipinski definition) is 21. The molecule has 0 aromatic heterocycles. The van der Waals surface area contributed by atoms with Crippen LogP contribution in [0.4, 0.5) is 0 Å². The van der Waals surface area contributed by atoms with E-state index in [1.807, 2.05) is 6.92 Å². The third-order valence-electron chi connectivity index (χ3n) is 19.4. The fourth-order valence-electron chi connectivity index (χ4n) is 15.1. The van der Waals surface area contributed by atoms with Crippen molar-refractivity contribution in [2.45, 2.75) is 241 Å². The van der Waals surface area contributed by atoms with Crippen molar-refractivity contribution < 1.29 is 104 Å². The Bertz CT molecular complexity index is 1860. The van der Waals surface area contributed by atoms with Gasteiger partial charge in [0, 0.05) is 12.3 Å². The van der Waals surface area contributed by atoms with Crippen molar-refractivity contribution in [3.05, 3.63) is 11.3 Å². The van der Waals surface area contributed by atoms with Gasteiger partial charge in [-0.05, 0) is 125 Å². The Labute approximate surface area is 421 Å². The van der Waals surface area contributed by atoms with Crippen LogP contribution in [0.15, 0.2) is 11.3 Å². The highest BCUT2D eigenvalue weighted by molar-refractivity contribution is 5.27. The van der Waals surface area contributed by atoms with Gasteiger partial charge < -0.3 is 104 Å². The zero-order chi connectivity index (χ0) is 51.9. The van der Waals surface area contributed by atoms with Crippen molar-refractivity contribution in [3.63, 3.8) is 0 Å². The third kappa shape index (κ3) is 9.98. The predicted octanol–water partition coefficient (Wildman–Crippen LogP) is -0.950. The van der Waals surface area contributed by atoms with Crippen molar-refractivity contribution in [2.24, 2.45) is 46.3 Å². The number of hydrogen-bond donors (Lipinski definition) is 12. The van der Waals surface area contributed by atoms with Gasteiger partial charge in [-0.2, -0.15) is 0 Å². The maximum absolute atomic E-state index is 12.1. The van der Waals surface area contributed by atoms with Gasteiger partial charge in [0.05, 0.1) is 43.9 Å². The molecule has 0 aromatic carbocycles. The molecule has 21 heteroatoms. The summed E-state index contributed by atoms with van der Waals surface area (Å²) in [6.07, 6.45) is -19.4. The zero-order valence-corrected chi connectivity index (χ0v) is 42.4. The maximum atomic E-state index is 12.1. The normalized spacial score (nSPS) is 54.1. The molecule has 5 aliphatic heterocycles. The minimum atomic E-state index is -1.73. The second-order valence-corrected chi connectivity index (χ2v) is 23.7. The quantitative estimate of drug-likeness (QED) is 0.0934. The van der Waals surface area contributed by atoms with E-state index in [1.54, 1.807) is 0 Å². The van der Waals surface area contributed by atoms with Gasteiger partial charge in [-0.3, -0.25) is 0 Å². The van der Waals surface area contributed by atoms with Gasteiger partial charge in [0.2, 0.25) is 0 Å². The van der Waals surface area contributed by atoms with Crippen molar-refractivity contribution in [1.29, 1.82) is 0 Å². The number of ether oxygens (including phenoxy) is 9. The second kappa shape index (κ2) is 21.9. The molecule has 12 N–H and O–H groups in total. The lowest BCUT2D eigenvalue weighted by molar-refractivity contribution is -0.389. The van der Waals surface area contributed by atoms with Gasteiger partial charge >= 0.3 is 0 Å². The number of aliphatic hydroxyl groups excluding tert-OH is 12. The monoisotopic (exact) mass is 1030 g/mol. The third-order valence-corrected chi connectivity index (χ3v) is 19.4. The molecule has 21 nitrogen and oxygen atoms in total. The van der Waals surface area contributed by atoms with E-state index in [2.05, 4.69) is 20.8 Å². The average molecular weight is 1030 g/mol. The Morgan fingerprint density at radius 2 is 1.17 bits per heavy atom. The van der Waals surface area contributed by atoms with E-state index in [9.17, 15) is 61.3 Å². The molecule has 0 bridgehead atoms. The number of fused-ring (bicyclic) bond motifs is 7. The summed E-state index contributed by atoms with van der Waals surface area (Å²) in [4.78, 5) is 0. The van der Waals surface area contributed by atoms with E-state index in [1.165, 1.54) is 19.4 Å². The maximum Gasteiger partial charge on any atom is 0.187 e. The lowest BCUT2D eigenvalue weighted by Crippen LogP contribution is -2.66. The van der Waals surface area contributed by atoms with Crippen LogP contribution in [-0.2, 0) is 42.6 Å². The average Bonchev–Trinajstić information content (AvgIpc) is 3.85. The Balaban J connectivity index is 0.833. The smallest absolute Gasteiger partial charge is 0.187 e. The molecule has 414 valence electrons. The summed E-state index contributed by atoms with van der Waals surface area (Å²) in [6.45, 7) is 11.3. The second-order valence-electron chi connectivity index (χ2n) is 23.7. The van der Waals surface area contributed by atoms with Crippen LogP contribution in [-0.4, -0.2) is 216 Å². The van der Waals surface area contributed by atoms with Crippen molar-refractivity contribution in [3.8, 4) is 0 Å². The Morgan fingerprint density at radius 3 is 1.81 bits per heavy atom. The van der Waals surface area contributed by atoms with E-state index in [4.69, 9.17) is 42.6 Å². The molecule has 30 unspecified atom stereocenters. The van der Waals surface area contributed by atoms with Gasteiger partial charge in [0.15, 0.2) is 25.2 Å². The molecule has 4 aliphatic carbocycles. The van der Waals surface area contributed by atoms with Gasteiger partial charge in [-0.25, -0.2) is 0 Å². The lowest BCUT2D eigenvalue weighted by atomic mass is 9.44. The zero-order valence-electron chi connectivity index (χ0n) is 42.4. The van der Waals surface area contributed by atoms with Gasteiger partial charge in [-0.1, -0.05) is 20.8 Å². The topological polar surface area (TPSA) is 326 Å². The van der Waals surface area contributed by atoms with Crippen molar-refractivity contribution in [1.82, 2.24) is 0 Å². The highest BCUT2D eigenvalue weighted by Gasteiger charge is 2.65. The Kier molecular flexibility index (Phi) is 16.9. The highest BCUT2D eigenvalue weighted by Crippen LogP contribution is 2.70. The summed E-state index contributed by atoms with van der Waals surface area (Å²) in [5.41, 5.74) is 1.48. The largest absolute Gasteiger partial charge is 0.494 e. The fourth-order valence-corrected chi connectivity index (χ4v) is 15.1. The molecule has 9 rings (SSSR count). The molecule has 0 amide bonds. The summed E-state index contributed by atoms with van der Waals surface area (Å²) in [5.74, 6) is 3.36. The van der Waals surface area contributed by atoms with Crippen LogP contribution in [0.25, 0.3) is 0 Å². The summed E-state index contributed by atoms with van der Waals surface area (Å²) < 4.78 is 54.9. The lowest BCUT2D eigenvalue weighted by Gasteiger charge is -2.61. The van der Waals surface area contributed by atoms with Crippen LogP contribution < -0.4 is 0 Å². The summed E-state index contributed by atoms with van der Waals surface area (Å²) in [6, 6.07) is 0. The van der Waals surface area contributed by atoms with E-state index in [0.29, 0.717) is 42.4 Å². The first-order chi connectivity index (χ1) is 34.1. The molecular formula is C51H84O21. The standard InChI is InChI=1S/C51H84O21/c1-20(19-64-46-40(60)39(59)36(56)31(17-52)69-46)7-10-29-21(2)33-30(68-29)16-28-26-9-8-24-15-25(11-13-50(24,5)27(26)12-14-51(28,33)6)67-49-45(72-48-42(62)38(58)35(55)23(4)66-48)43(63)44(32(18-53)70-49)71-47-41(61)37(57)34(54)22(3)65-47/h20,22-28,30-49,52-63H,7-19H2,1-6H3. The molecular weight excluding hydrogens is 949 g/mol. The fraction of sp³-hybridized carbons (Fsp3) is 0.961. The SMILES string of the molecule is CC1=C(CCC(C)COC2OC(CO)C(O)C(O)C2O)OC2CC3C4CCC5CC(OC6OC(CO)C(OC7OC(C)C(O)C(O)C7O)C(O)C6OC6OC(C)C(O)C(O)C6O)CCC5(C)C4CCC3(C)C12. The predicted molar refractivity (Wildman–Crippen MR) is 247 cm³/mol. The number of aliphatic hydroxyl groups is 12. The van der Waals surface area contributed by atoms with E-state index >= 15 is 0 Å². The molecule has 4 saturated carbocycles. The van der Waals surface area contributed by atoms with Crippen LogP contribution >= 0.6 is 0 Å². The molecule has 0 spiro atoms. The first-order valence-electron chi connectivity index (χ1n) is 26.7. The van der Waals surface area contributed by atoms with Gasteiger partial charge in [-0.15, -0.1) is 0 Å². The first kappa shape index (κ1) is 55.5. The minimum absolute atomic E-state index is 0.0468.